The fourth-order valence-electron chi connectivity index (χ4n) is 7.55. The van der Waals surface area contributed by atoms with E-state index in [0.29, 0.717) is 30.7 Å². The minimum atomic E-state index is -0.652. The summed E-state index contributed by atoms with van der Waals surface area (Å²) in [5.41, 5.74) is 5.09. The van der Waals surface area contributed by atoms with Gasteiger partial charge in [0.25, 0.3) is 0 Å². The Labute approximate surface area is 291 Å². The van der Waals surface area contributed by atoms with E-state index in [-0.39, 0.29) is 29.8 Å². The molecular weight excluding hydrogens is 618 g/mol. The van der Waals surface area contributed by atoms with E-state index in [0.717, 1.165) is 80.9 Å². The van der Waals surface area contributed by atoms with Crippen LogP contribution < -0.4 is 5.32 Å². The standard InChI is InChI=1S/C38H57N7O4/c1-23(2)16-33(46)44-21-25(5)17-31(44)35-39-19-29(41-35)14-12-27-8-10-28(11-9-27)13-15-30-20-40-36(42-30)32-18-26(6)22-45(32)37(47)34(24(3)4)43-38(48)49-7/h8,10,19-20,23-26,31-32,34H,9,11-18,21-22H2,1-7H3,(H,39,41)(H,40,42)(H,43,48). The lowest BCUT2D eigenvalue weighted by molar-refractivity contribution is -0.135. The van der Waals surface area contributed by atoms with E-state index >= 15 is 0 Å². The highest BCUT2D eigenvalue weighted by Gasteiger charge is 2.40. The van der Waals surface area contributed by atoms with Crippen molar-refractivity contribution in [2.45, 2.75) is 117 Å². The summed E-state index contributed by atoms with van der Waals surface area (Å²) in [5, 5.41) is 2.72. The van der Waals surface area contributed by atoms with Gasteiger partial charge in [-0.3, -0.25) is 9.59 Å². The largest absolute Gasteiger partial charge is 0.453 e. The Morgan fingerprint density at radius 2 is 1.35 bits per heavy atom. The number of hydrogen-bond donors (Lipinski definition) is 3. The van der Waals surface area contributed by atoms with Crippen LogP contribution in [0.5, 0.6) is 0 Å². The third-order valence-electron chi connectivity index (χ3n) is 10.3. The molecular formula is C38H57N7O4. The lowest BCUT2D eigenvalue weighted by Gasteiger charge is -2.30. The molecule has 268 valence electrons. The zero-order chi connectivity index (χ0) is 35.2. The first kappa shape index (κ1) is 36.4. The van der Waals surface area contributed by atoms with Gasteiger partial charge >= 0.3 is 6.09 Å². The Hall–Kier alpha value is -3.89. The minimum absolute atomic E-state index is 0.0519. The van der Waals surface area contributed by atoms with Crippen molar-refractivity contribution in [1.82, 2.24) is 35.1 Å². The van der Waals surface area contributed by atoms with E-state index in [4.69, 9.17) is 14.7 Å². The van der Waals surface area contributed by atoms with Gasteiger partial charge in [0.2, 0.25) is 11.8 Å². The number of carbonyl (C=O) groups is 3. The fourth-order valence-corrected chi connectivity index (χ4v) is 7.55. The number of rotatable bonds is 13. The summed E-state index contributed by atoms with van der Waals surface area (Å²) in [7, 11) is 1.31. The van der Waals surface area contributed by atoms with Gasteiger partial charge in [-0.05, 0) is 75.0 Å². The number of aryl methyl sites for hydroxylation is 2. The van der Waals surface area contributed by atoms with Crippen LogP contribution in [-0.2, 0) is 27.2 Å². The van der Waals surface area contributed by atoms with Crippen molar-refractivity contribution in [2.24, 2.45) is 23.7 Å². The smallest absolute Gasteiger partial charge is 0.407 e. The number of aromatic amines is 2. The maximum absolute atomic E-state index is 13.6. The third-order valence-corrected chi connectivity index (χ3v) is 10.3. The summed E-state index contributed by atoms with van der Waals surface area (Å²) in [6.45, 7) is 13.9. The molecule has 1 aliphatic carbocycles. The first-order chi connectivity index (χ1) is 23.4. The van der Waals surface area contributed by atoms with Crippen molar-refractivity contribution in [1.29, 1.82) is 0 Å². The van der Waals surface area contributed by atoms with Crippen molar-refractivity contribution in [2.75, 3.05) is 20.2 Å². The van der Waals surface area contributed by atoms with Gasteiger partial charge in [0.05, 0.1) is 19.2 Å². The van der Waals surface area contributed by atoms with Crippen LogP contribution in [0.25, 0.3) is 0 Å². The number of hydrogen-bond acceptors (Lipinski definition) is 6. The predicted octanol–water partition coefficient (Wildman–Crippen LogP) is 6.59. The topological polar surface area (TPSA) is 136 Å². The highest BCUT2D eigenvalue weighted by atomic mass is 16.5. The number of H-pyrrole nitrogens is 2. The van der Waals surface area contributed by atoms with Gasteiger partial charge < -0.3 is 29.8 Å². The molecule has 3 amide bonds. The van der Waals surface area contributed by atoms with Crippen LogP contribution >= 0.6 is 0 Å². The molecule has 3 N–H and O–H groups in total. The zero-order valence-electron chi connectivity index (χ0n) is 30.6. The van der Waals surface area contributed by atoms with Gasteiger partial charge in [-0.2, -0.15) is 0 Å². The van der Waals surface area contributed by atoms with Gasteiger partial charge in [-0.25, -0.2) is 14.8 Å². The average molecular weight is 676 g/mol. The number of methoxy groups -OCH3 is 1. The molecule has 0 radical (unpaired) electrons. The van der Waals surface area contributed by atoms with E-state index in [9.17, 15) is 14.4 Å². The van der Waals surface area contributed by atoms with Gasteiger partial charge in [0.15, 0.2) is 0 Å². The molecule has 0 aromatic carbocycles. The minimum Gasteiger partial charge on any atom is -0.453 e. The van der Waals surface area contributed by atoms with Crippen LogP contribution in [0.3, 0.4) is 0 Å². The molecule has 5 atom stereocenters. The van der Waals surface area contributed by atoms with Crippen LogP contribution in [0.4, 0.5) is 4.79 Å². The Kier molecular flexibility index (Phi) is 12.0. The van der Waals surface area contributed by atoms with Crippen molar-refractivity contribution in [3.8, 4) is 0 Å². The van der Waals surface area contributed by atoms with E-state index in [1.165, 1.54) is 18.3 Å². The SMILES string of the molecule is COC(=O)NC(C(=O)N1CC(C)CC1c1ncc(CCC2=CC=C(CCc3cnc(C4CC(C)CN4C(=O)CC(C)C)[nH]3)CC2)[nH]1)C(C)C. The Morgan fingerprint density at radius 3 is 1.82 bits per heavy atom. The van der Waals surface area contributed by atoms with Crippen LogP contribution in [0, 0.1) is 23.7 Å². The van der Waals surface area contributed by atoms with Crippen molar-refractivity contribution in [3.05, 3.63) is 58.7 Å². The monoisotopic (exact) mass is 675 g/mol. The maximum Gasteiger partial charge on any atom is 0.407 e. The van der Waals surface area contributed by atoms with Crippen molar-refractivity contribution >= 4 is 17.9 Å². The van der Waals surface area contributed by atoms with E-state index in [1.54, 1.807) is 0 Å². The summed E-state index contributed by atoms with van der Waals surface area (Å²) in [6, 6.07) is -0.743. The van der Waals surface area contributed by atoms with Gasteiger partial charge in [-0.1, -0.05) is 64.8 Å². The number of amides is 3. The molecule has 4 heterocycles. The third kappa shape index (κ3) is 9.22. The molecule has 2 aliphatic heterocycles. The molecule has 0 bridgehead atoms. The highest BCUT2D eigenvalue weighted by Crippen LogP contribution is 2.36. The fraction of sp³-hybridized carbons (Fsp3) is 0.658. The number of nitrogens with one attached hydrogen (secondary N) is 3. The maximum atomic E-state index is 13.6. The lowest BCUT2D eigenvalue weighted by Crippen LogP contribution is -2.51. The van der Waals surface area contributed by atoms with Crippen molar-refractivity contribution < 1.29 is 19.1 Å². The molecule has 3 aliphatic rings. The Bertz CT molecular complexity index is 1520. The summed E-state index contributed by atoms with van der Waals surface area (Å²) in [6.07, 6.45) is 16.1. The Balaban J connectivity index is 1.12. The number of imidazole rings is 2. The van der Waals surface area contributed by atoms with Gasteiger partial charge in [0, 0.05) is 43.3 Å². The number of alkyl carbamates (subject to hydrolysis) is 1. The molecule has 2 fully saturated rings. The number of likely N-dealkylation sites (tertiary alicyclic amines) is 2. The molecule has 5 unspecified atom stereocenters. The molecule has 2 saturated heterocycles. The molecule has 2 aromatic rings. The second kappa shape index (κ2) is 16.2. The first-order valence-corrected chi connectivity index (χ1v) is 18.3. The molecule has 11 heteroatoms. The quantitative estimate of drug-likeness (QED) is 0.219. The summed E-state index contributed by atoms with van der Waals surface area (Å²) < 4.78 is 4.77. The van der Waals surface area contributed by atoms with Crippen LogP contribution in [-0.4, -0.2) is 73.9 Å². The second-order valence-corrected chi connectivity index (χ2v) is 15.4. The van der Waals surface area contributed by atoms with Crippen LogP contribution in [0.2, 0.25) is 0 Å². The average Bonchev–Trinajstić information content (AvgIpc) is 3.87. The first-order valence-electron chi connectivity index (χ1n) is 18.3. The molecule has 11 nitrogen and oxygen atoms in total. The zero-order valence-corrected chi connectivity index (χ0v) is 30.6. The molecule has 0 saturated carbocycles. The predicted molar refractivity (Wildman–Crippen MR) is 189 cm³/mol. The summed E-state index contributed by atoms with van der Waals surface area (Å²) >= 11 is 0. The molecule has 49 heavy (non-hydrogen) atoms. The molecule has 2 aromatic heterocycles. The van der Waals surface area contributed by atoms with Gasteiger partial charge in [0.1, 0.15) is 17.7 Å². The lowest BCUT2D eigenvalue weighted by atomic mass is 9.92. The summed E-state index contributed by atoms with van der Waals surface area (Å²) in [5.74, 6) is 2.98. The Morgan fingerprint density at radius 1 is 0.837 bits per heavy atom. The summed E-state index contributed by atoms with van der Waals surface area (Å²) in [4.78, 5) is 58.8. The molecule has 0 spiro atoms. The van der Waals surface area contributed by atoms with Crippen molar-refractivity contribution in [3.63, 3.8) is 0 Å². The van der Waals surface area contributed by atoms with Gasteiger partial charge in [-0.15, -0.1) is 0 Å². The normalized spacial score (nSPS) is 23.2. The number of ether oxygens (including phenoxy) is 1. The molecule has 5 rings (SSSR count). The van der Waals surface area contributed by atoms with E-state index in [2.05, 4.69) is 55.1 Å². The number of allylic oxidation sites excluding steroid dienone is 4. The highest BCUT2D eigenvalue weighted by molar-refractivity contribution is 5.86. The van der Waals surface area contributed by atoms with E-state index in [1.807, 2.05) is 36.0 Å². The number of nitrogens with zero attached hydrogens (tertiary/aromatic N) is 4. The van der Waals surface area contributed by atoms with Crippen LogP contribution in [0.15, 0.2) is 35.7 Å². The second-order valence-electron chi connectivity index (χ2n) is 15.4. The van der Waals surface area contributed by atoms with Crippen LogP contribution in [0.1, 0.15) is 122 Å². The number of aromatic nitrogens is 4. The van der Waals surface area contributed by atoms with E-state index < -0.39 is 12.1 Å². The number of carbonyl (C=O) groups excluding carboxylic acids is 3.